The first-order valence-electron chi connectivity index (χ1n) is 7.46. The maximum Gasteiger partial charge on any atom is 0.313 e. The summed E-state index contributed by atoms with van der Waals surface area (Å²) in [5, 5.41) is 4.04. The van der Waals surface area contributed by atoms with Crippen LogP contribution in [0.15, 0.2) is 40.9 Å². The molecule has 1 saturated heterocycles. The van der Waals surface area contributed by atoms with Crippen LogP contribution in [0.25, 0.3) is 0 Å². The van der Waals surface area contributed by atoms with Gasteiger partial charge in [-0.05, 0) is 12.1 Å². The summed E-state index contributed by atoms with van der Waals surface area (Å²) in [6, 6.07) is 11.3. The number of anilines is 1. The summed E-state index contributed by atoms with van der Waals surface area (Å²) in [6.45, 7) is 6.18. The Hall–Kier alpha value is -2.30. The number of amides is 1. The predicted octanol–water partition coefficient (Wildman–Crippen LogP) is 3.50. The largest absolute Gasteiger partial charge is 0.439 e. The summed E-state index contributed by atoms with van der Waals surface area (Å²) >= 11 is 0. The van der Waals surface area contributed by atoms with Gasteiger partial charge in [-0.15, -0.1) is 0 Å². The van der Waals surface area contributed by atoms with Crippen molar-refractivity contribution in [2.75, 3.05) is 4.90 Å². The Labute approximate surface area is 129 Å². The molecule has 0 aliphatic carbocycles. The lowest BCUT2D eigenvalue weighted by atomic mass is 9.93. The number of para-hydroxylation sites is 1. The van der Waals surface area contributed by atoms with E-state index in [1.165, 1.54) is 0 Å². The maximum atomic E-state index is 12.1. The molecule has 1 aliphatic rings. The fourth-order valence-electron chi connectivity index (χ4n) is 2.47. The minimum Gasteiger partial charge on any atom is -0.439 e. The van der Waals surface area contributed by atoms with Gasteiger partial charge in [0.05, 0.1) is 5.69 Å². The van der Waals surface area contributed by atoms with E-state index in [0.29, 0.717) is 18.8 Å². The normalized spacial score (nSPS) is 18.8. The zero-order chi connectivity index (χ0) is 15.7. The van der Waals surface area contributed by atoms with Crippen LogP contribution in [0.4, 0.5) is 5.69 Å². The van der Waals surface area contributed by atoms with Crippen molar-refractivity contribution in [1.29, 1.82) is 0 Å². The Balaban J connectivity index is 1.79. The van der Waals surface area contributed by atoms with Crippen molar-refractivity contribution in [3.63, 3.8) is 0 Å². The van der Waals surface area contributed by atoms with Crippen LogP contribution in [0.3, 0.4) is 0 Å². The lowest BCUT2D eigenvalue weighted by Gasteiger charge is -2.24. The molecule has 3 rings (SSSR count). The van der Waals surface area contributed by atoms with E-state index >= 15 is 0 Å². The van der Waals surface area contributed by atoms with Gasteiger partial charge >= 0.3 is 5.95 Å². The number of hydrogen-bond acceptors (Lipinski definition) is 4. The van der Waals surface area contributed by atoms with Crippen molar-refractivity contribution < 1.29 is 14.1 Å². The van der Waals surface area contributed by atoms with Crippen molar-refractivity contribution in [3.8, 4) is 5.95 Å². The third kappa shape index (κ3) is 2.84. The van der Waals surface area contributed by atoms with E-state index < -0.39 is 0 Å². The third-order valence-electron chi connectivity index (χ3n) is 3.71. The van der Waals surface area contributed by atoms with Crippen LogP contribution in [0.2, 0.25) is 0 Å². The number of hydrogen-bond donors (Lipinski definition) is 0. The quantitative estimate of drug-likeness (QED) is 0.870. The van der Waals surface area contributed by atoms with Crippen LogP contribution < -0.4 is 9.64 Å². The monoisotopic (exact) mass is 300 g/mol. The summed E-state index contributed by atoms with van der Waals surface area (Å²) in [5.74, 6) is 0.414. The highest BCUT2D eigenvalue weighted by Gasteiger charge is 2.34. The van der Waals surface area contributed by atoms with E-state index in [4.69, 9.17) is 9.26 Å². The molecule has 1 atom stereocenters. The topological polar surface area (TPSA) is 55.6 Å². The van der Waals surface area contributed by atoms with Crippen LogP contribution in [-0.4, -0.2) is 17.3 Å². The lowest BCUT2D eigenvalue weighted by Crippen LogP contribution is -2.36. The van der Waals surface area contributed by atoms with Crippen molar-refractivity contribution >= 4 is 11.6 Å². The molecule has 0 saturated carbocycles. The molecule has 2 aromatic rings. The number of benzene rings is 1. The Bertz CT molecular complexity index is 658. The summed E-state index contributed by atoms with van der Waals surface area (Å²) in [7, 11) is 0. The van der Waals surface area contributed by atoms with Gasteiger partial charge < -0.3 is 9.26 Å². The number of carbonyl (C=O) groups excluding carboxylic acids is 1. The summed E-state index contributed by atoms with van der Waals surface area (Å²) in [5.41, 5.74) is 1.57. The Morgan fingerprint density at radius 1 is 1.27 bits per heavy atom. The Morgan fingerprint density at radius 2 is 2.00 bits per heavy atom. The number of ether oxygens (including phenoxy) is 1. The highest BCUT2D eigenvalue weighted by Crippen LogP contribution is 2.30. The molecule has 1 aliphatic heterocycles. The van der Waals surface area contributed by atoms with Crippen LogP contribution in [0.1, 0.15) is 39.3 Å². The zero-order valence-electron chi connectivity index (χ0n) is 13.1. The SMILES string of the molecule is CC(C)(C)c1cc(OC2CCC(=O)N2c2ccccc2)on1. The molecule has 1 amide bonds. The minimum absolute atomic E-state index is 0.0618. The second-order valence-corrected chi connectivity index (χ2v) is 6.49. The van der Waals surface area contributed by atoms with Gasteiger partial charge in [-0.25, -0.2) is 0 Å². The van der Waals surface area contributed by atoms with Gasteiger partial charge in [0.15, 0.2) is 6.23 Å². The van der Waals surface area contributed by atoms with Crippen molar-refractivity contribution in [2.24, 2.45) is 0 Å². The number of carbonyl (C=O) groups is 1. The van der Waals surface area contributed by atoms with Gasteiger partial charge in [-0.2, -0.15) is 0 Å². The fraction of sp³-hybridized carbons (Fsp3) is 0.412. The van der Waals surface area contributed by atoms with E-state index in [-0.39, 0.29) is 17.6 Å². The highest BCUT2D eigenvalue weighted by atomic mass is 16.6. The van der Waals surface area contributed by atoms with Crippen LogP contribution >= 0.6 is 0 Å². The molecule has 2 heterocycles. The molecular weight excluding hydrogens is 280 g/mol. The molecule has 0 bridgehead atoms. The van der Waals surface area contributed by atoms with Gasteiger partial charge in [-0.3, -0.25) is 9.69 Å². The first-order chi connectivity index (χ1) is 10.4. The Kier molecular flexibility index (Phi) is 3.64. The minimum atomic E-state index is -0.351. The van der Waals surface area contributed by atoms with E-state index in [2.05, 4.69) is 25.9 Å². The first kappa shape index (κ1) is 14.6. The first-order valence-corrected chi connectivity index (χ1v) is 7.46. The molecule has 116 valence electrons. The second-order valence-electron chi connectivity index (χ2n) is 6.49. The molecule has 0 radical (unpaired) electrons. The zero-order valence-corrected chi connectivity index (χ0v) is 13.1. The van der Waals surface area contributed by atoms with Gasteiger partial charge in [0.2, 0.25) is 5.91 Å². The molecule has 1 unspecified atom stereocenters. The smallest absolute Gasteiger partial charge is 0.313 e. The van der Waals surface area contributed by atoms with Crippen molar-refractivity contribution in [3.05, 3.63) is 42.1 Å². The molecule has 1 fully saturated rings. The lowest BCUT2D eigenvalue weighted by molar-refractivity contribution is -0.117. The summed E-state index contributed by atoms with van der Waals surface area (Å²) in [4.78, 5) is 13.8. The van der Waals surface area contributed by atoms with E-state index in [1.807, 2.05) is 30.3 Å². The van der Waals surface area contributed by atoms with Gasteiger partial charge in [-0.1, -0.05) is 44.1 Å². The molecule has 1 aromatic carbocycles. The maximum absolute atomic E-state index is 12.1. The van der Waals surface area contributed by atoms with Crippen molar-refractivity contribution in [1.82, 2.24) is 5.16 Å². The van der Waals surface area contributed by atoms with Crippen molar-refractivity contribution in [2.45, 2.75) is 45.3 Å². The van der Waals surface area contributed by atoms with E-state index in [9.17, 15) is 4.79 Å². The van der Waals surface area contributed by atoms with Gasteiger partial charge in [0, 0.05) is 30.0 Å². The fourth-order valence-corrected chi connectivity index (χ4v) is 2.47. The van der Waals surface area contributed by atoms with Crippen LogP contribution in [0, 0.1) is 0 Å². The number of rotatable bonds is 3. The standard InChI is InChI=1S/C17H20N2O3/c1-17(2,3)13-11-16(22-18-13)21-15-10-9-14(20)19(15)12-7-5-4-6-8-12/h4-8,11,15H,9-10H2,1-3H3. The predicted molar refractivity (Wildman–Crippen MR) is 82.8 cm³/mol. The highest BCUT2D eigenvalue weighted by molar-refractivity contribution is 5.95. The van der Waals surface area contributed by atoms with Crippen LogP contribution in [0.5, 0.6) is 5.95 Å². The molecule has 0 N–H and O–H groups in total. The molecule has 22 heavy (non-hydrogen) atoms. The second kappa shape index (κ2) is 5.48. The molecular formula is C17H20N2O3. The number of aromatic nitrogens is 1. The average molecular weight is 300 g/mol. The van der Waals surface area contributed by atoms with E-state index in [1.54, 1.807) is 11.0 Å². The molecule has 5 heteroatoms. The van der Waals surface area contributed by atoms with Gasteiger partial charge in [0.25, 0.3) is 0 Å². The van der Waals surface area contributed by atoms with Crippen LogP contribution in [-0.2, 0) is 10.2 Å². The summed E-state index contributed by atoms with van der Waals surface area (Å²) in [6.07, 6.45) is 0.759. The summed E-state index contributed by atoms with van der Waals surface area (Å²) < 4.78 is 11.1. The average Bonchev–Trinajstić information content (AvgIpc) is 3.07. The number of nitrogens with zero attached hydrogens (tertiary/aromatic N) is 2. The molecule has 1 aromatic heterocycles. The molecule has 5 nitrogen and oxygen atoms in total. The molecule has 0 spiro atoms. The van der Waals surface area contributed by atoms with E-state index in [0.717, 1.165) is 11.4 Å². The Morgan fingerprint density at radius 3 is 2.64 bits per heavy atom. The van der Waals surface area contributed by atoms with Gasteiger partial charge in [0.1, 0.15) is 0 Å². The third-order valence-corrected chi connectivity index (χ3v) is 3.71.